The number of alkyl halides is 1. The molecule has 1 heterocycles. The first-order valence-corrected chi connectivity index (χ1v) is 6.49. The normalized spacial score (nSPS) is 15.4. The fraction of sp³-hybridized carbons (Fsp3) is 0.833. The molecular weight excluding hydrogens is 222 g/mol. The van der Waals surface area contributed by atoms with Crippen LogP contribution in [-0.4, -0.2) is 20.1 Å². The smallest absolute Gasteiger partial charge is 0.138 e. The van der Waals surface area contributed by atoms with Gasteiger partial charge < -0.3 is 0 Å². The second-order valence-electron chi connectivity index (χ2n) is 4.80. The van der Waals surface area contributed by atoms with Crippen LogP contribution in [0.5, 0.6) is 0 Å². The molecule has 92 valence electrons. The molecule has 0 aliphatic carbocycles. The molecule has 2 unspecified atom stereocenters. The third-order valence-electron chi connectivity index (χ3n) is 2.85. The van der Waals surface area contributed by atoms with E-state index < -0.39 is 0 Å². The number of halogens is 1. The molecule has 16 heavy (non-hydrogen) atoms. The summed E-state index contributed by atoms with van der Waals surface area (Å²) in [6.07, 6.45) is 3.65. The quantitative estimate of drug-likeness (QED) is 0.719. The molecule has 4 heteroatoms. The number of aromatic nitrogens is 3. The summed E-state index contributed by atoms with van der Waals surface area (Å²) >= 11 is 6.16. The molecule has 1 rings (SSSR count). The average Bonchev–Trinajstić information content (AvgIpc) is 2.60. The maximum atomic E-state index is 6.16. The summed E-state index contributed by atoms with van der Waals surface area (Å²) in [5.41, 5.74) is 0. The largest absolute Gasteiger partial charge is 0.250 e. The third kappa shape index (κ3) is 3.78. The monoisotopic (exact) mass is 243 g/mol. The van der Waals surface area contributed by atoms with Crippen LogP contribution >= 0.6 is 11.6 Å². The van der Waals surface area contributed by atoms with Crippen LogP contribution in [0.15, 0.2) is 6.33 Å². The molecule has 0 amide bonds. The van der Waals surface area contributed by atoms with Crippen LogP contribution < -0.4 is 0 Å². The van der Waals surface area contributed by atoms with E-state index in [0.717, 1.165) is 25.2 Å². The zero-order chi connectivity index (χ0) is 12.1. The van der Waals surface area contributed by atoms with Gasteiger partial charge in [-0.2, -0.15) is 5.10 Å². The molecule has 0 saturated carbocycles. The standard InChI is InChI=1S/C12H22ClN3/c1-5-11(10(4)13)6-12-14-8-15-16(12)7-9(2)3/h8-11H,5-7H2,1-4H3. The van der Waals surface area contributed by atoms with Crippen LogP contribution in [0.25, 0.3) is 0 Å². The van der Waals surface area contributed by atoms with Gasteiger partial charge in [0, 0.05) is 18.3 Å². The van der Waals surface area contributed by atoms with Gasteiger partial charge in [0.2, 0.25) is 0 Å². The highest BCUT2D eigenvalue weighted by atomic mass is 35.5. The lowest BCUT2D eigenvalue weighted by Gasteiger charge is -2.17. The molecule has 0 radical (unpaired) electrons. The van der Waals surface area contributed by atoms with E-state index in [1.165, 1.54) is 0 Å². The highest BCUT2D eigenvalue weighted by Gasteiger charge is 2.17. The molecule has 0 aliphatic rings. The number of nitrogens with zero attached hydrogens (tertiary/aromatic N) is 3. The van der Waals surface area contributed by atoms with Crippen molar-refractivity contribution in [1.29, 1.82) is 0 Å². The summed E-state index contributed by atoms with van der Waals surface area (Å²) in [6, 6.07) is 0. The Hall–Kier alpha value is -0.570. The minimum atomic E-state index is 0.189. The molecule has 3 nitrogen and oxygen atoms in total. The summed E-state index contributed by atoms with van der Waals surface area (Å²) < 4.78 is 2.01. The predicted octanol–water partition coefficient (Wildman–Crippen LogP) is 3.13. The van der Waals surface area contributed by atoms with Gasteiger partial charge in [0.1, 0.15) is 12.2 Å². The number of hydrogen-bond donors (Lipinski definition) is 0. The van der Waals surface area contributed by atoms with E-state index in [2.05, 4.69) is 37.8 Å². The van der Waals surface area contributed by atoms with Gasteiger partial charge in [-0.25, -0.2) is 9.67 Å². The van der Waals surface area contributed by atoms with Gasteiger partial charge in [0.05, 0.1) is 0 Å². The molecule has 0 aliphatic heterocycles. The minimum absolute atomic E-state index is 0.189. The molecule has 0 aromatic carbocycles. The van der Waals surface area contributed by atoms with Crippen molar-refractivity contribution in [2.75, 3.05) is 0 Å². The van der Waals surface area contributed by atoms with Gasteiger partial charge in [-0.3, -0.25) is 0 Å². The molecule has 0 fully saturated rings. The Morgan fingerprint density at radius 2 is 2.06 bits per heavy atom. The molecule has 0 spiro atoms. The minimum Gasteiger partial charge on any atom is -0.250 e. The van der Waals surface area contributed by atoms with E-state index in [1.54, 1.807) is 6.33 Å². The Morgan fingerprint density at radius 3 is 2.56 bits per heavy atom. The van der Waals surface area contributed by atoms with Gasteiger partial charge in [-0.15, -0.1) is 11.6 Å². The Bertz CT molecular complexity index is 307. The Balaban J connectivity index is 2.68. The lowest BCUT2D eigenvalue weighted by Crippen LogP contribution is -2.18. The van der Waals surface area contributed by atoms with Crippen molar-refractivity contribution in [2.45, 2.75) is 52.5 Å². The van der Waals surface area contributed by atoms with Gasteiger partial charge in [0.15, 0.2) is 0 Å². The van der Waals surface area contributed by atoms with Crippen molar-refractivity contribution in [3.63, 3.8) is 0 Å². The van der Waals surface area contributed by atoms with Crippen LogP contribution in [0.1, 0.15) is 39.9 Å². The lowest BCUT2D eigenvalue weighted by molar-refractivity contribution is 0.428. The van der Waals surface area contributed by atoms with E-state index >= 15 is 0 Å². The highest BCUT2D eigenvalue weighted by Crippen LogP contribution is 2.19. The second kappa shape index (κ2) is 6.24. The van der Waals surface area contributed by atoms with Gasteiger partial charge in [-0.1, -0.05) is 27.2 Å². The van der Waals surface area contributed by atoms with E-state index in [9.17, 15) is 0 Å². The number of rotatable bonds is 6. The zero-order valence-electron chi connectivity index (χ0n) is 10.7. The summed E-state index contributed by atoms with van der Waals surface area (Å²) in [6.45, 7) is 9.54. The summed E-state index contributed by atoms with van der Waals surface area (Å²) in [4.78, 5) is 4.33. The van der Waals surface area contributed by atoms with Gasteiger partial charge in [0.25, 0.3) is 0 Å². The molecule has 0 saturated heterocycles. The van der Waals surface area contributed by atoms with Crippen molar-refractivity contribution in [1.82, 2.24) is 14.8 Å². The zero-order valence-corrected chi connectivity index (χ0v) is 11.4. The van der Waals surface area contributed by atoms with E-state index in [4.69, 9.17) is 11.6 Å². The van der Waals surface area contributed by atoms with E-state index in [1.807, 2.05) is 4.68 Å². The Morgan fingerprint density at radius 1 is 1.38 bits per heavy atom. The first-order chi connectivity index (χ1) is 7.54. The van der Waals surface area contributed by atoms with Crippen LogP contribution in [-0.2, 0) is 13.0 Å². The second-order valence-corrected chi connectivity index (χ2v) is 5.49. The predicted molar refractivity (Wildman–Crippen MR) is 67.7 cm³/mol. The highest BCUT2D eigenvalue weighted by molar-refractivity contribution is 6.20. The van der Waals surface area contributed by atoms with E-state index in [-0.39, 0.29) is 5.38 Å². The first kappa shape index (κ1) is 13.5. The molecule has 0 bridgehead atoms. The summed E-state index contributed by atoms with van der Waals surface area (Å²) in [5.74, 6) is 2.14. The Kier molecular flexibility index (Phi) is 5.26. The topological polar surface area (TPSA) is 30.7 Å². The van der Waals surface area contributed by atoms with Crippen molar-refractivity contribution >= 4 is 11.6 Å². The SMILES string of the molecule is CCC(Cc1ncnn1CC(C)C)C(C)Cl. The van der Waals surface area contributed by atoms with Gasteiger partial charge in [-0.05, 0) is 18.8 Å². The number of hydrogen-bond acceptors (Lipinski definition) is 2. The molecule has 1 aromatic rings. The summed E-state index contributed by atoms with van der Waals surface area (Å²) in [7, 11) is 0. The van der Waals surface area contributed by atoms with Crippen molar-refractivity contribution in [2.24, 2.45) is 11.8 Å². The third-order valence-corrected chi connectivity index (χ3v) is 3.21. The van der Waals surface area contributed by atoms with Crippen molar-refractivity contribution in [3.05, 3.63) is 12.2 Å². The maximum Gasteiger partial charge on any atom is 0.138 e. The van der Waals surface area contributed by atoms with Crippen LogP contribution in [0.4, 0.5) is 0 Å². The fourth-order valence-electron chi connectivity index (χ4n) is 1.81. The van der Waals surface area contributed by atoms with Crippen molar-refractivity contribution in [3.8, 4) is 0 Å². The van der Waals surface area contributed by atoms with Gasteiger partial charge >= 0.3 is 0 Å². The van der Waals surface area contributed by atoms with Crippen LogP contribution in [0, 0.1) is 11.8 Å². The maximum absolute atomic E-state index is 6.16. The molecule has 1 aromatic heterocycles. The fourth-order valence-corrected chi connectivity index (χ4v) is 2.08. The van der Waals surface area contributed by atoms with Crippen LogP contribution in [0.2, 0.25) is 0 Å². The molecule has 2 atom stereocenters. The molecular formula is C12H22ClN3. The summed E-state index contributed by atoms with van der Waals surface area (Å²) in [5, 5.41) is 4.45. The first-order valence-electron chi connectivity index (χ1n) is 6.05. The van der Waals surface area contributed by atoms with Crippen LogP contribution in [0.3, 0.4) is 0 Å². The van der Waals surface area contributed by atoms with Crippen molar-refractivity contribution < 1.29 is 0 Å². The average molecular weight is 244 g/mol. The lowest BCUT2D eigenvalue weighted by atomic mass is 9.98. The van der Waals surface area contributed by atoms with E-state index in [0.29, 0.717) is 11.8 Å². The molecule has 0 N–H and O–H groups in total. The Labute approximate surface area is 103 Å².